The van der Waals surface area contributed by atoms with Crippen LogP contribution >= 0.6 is 8.44 Å². The zero-order valence-electron chi connectivity index (χ0n) is 20.0. The molecule has 0 radical (unpaired) electrons. The summed E-state index contributed by atoms with van der Waals surface area (Å²) in [6.45, 7) is 3.49. The van der Waals surface area contributed by atoms with Gasteiger partial charge in [-0.2, -0.15) is 0 Å². The van der Waals surface area contributed by atoms with Crippen LogP contribution in [0.1, 0.15) is 12.1 Å². The van der Waals surface area contributed by atoms with Crippen molar-refractivity contribution >= 4 is 18.2 Å². The SMILES string of the molecule is Cc1ncc(-c2ccc([SH](=O)(P)N3CC[C@@H](N(C)C)C3)cc2)nc1-c1nnc(-c2ccccc2)o1. The zero-order valence-corrected chi connectivity index (χ0v) is 22.0. The molecule has 1 unspecified atom stereocenters. The molecule has 182 valence electrons. The quantitative estimate of drug-likeness (QED) is 0.312. The van der Waals surface area contributed by atoms with Gasteiger partial charge in [0.15, 0.2) is 0 Å². The molecule has 0 spiro atoms. The number of likely N-dealkylation sites (N-methyl/N-ethyl adjacent to an activating group) is 1. The highest BCUT2D eigenvalue weighted by Crippen LogP contribution is 2.35. The van der Waals surface area contributed by atoms with Gasteiger partial charge in [0.05, 0.1) is 17.6 Å². The Morgan fingerprint density at radius 1 is 1.03 bits per heavy atom. The highest BCUT2D eigenvalue weighted by molar-refractivity contribution is 8.43. The molecule has 10 heteroatoms. The average Bonchev–Trinajstić information content (AvgIpc) is 3.56. The van der Waals surface area contributed by atoms with Gasteiger partial charge in [0.2, 0.25) is 5.89 Å². The van der Waals surface area contributed by atoms with Gasteiger partial charge in [-0.1, -0.05) is 30.3 Å². The molecule has 1 aliphatic heterocycles. The van der Waals surface area contributed by atoms with Crippen LogP contribution in [0.4, 0.5) is 0 Å². The summed E-state index contributed by atoms with van der Waals surface area (Å²) < 4.78 is 21.7. The Kier molecular flexibility index (Phi) is 6.59. The summed E-state index contributed by atoms with van der Waals surface area (Å²) in [6.07, 6.45) is 2.75. The summed E-state index contributed by atoms with van der Waals surface area (Å²) in [4.78, 5) is 12.3. The van der Waals surface area contributed by atoms with Gasteiger partial charge < -0.3 is 9.32 Å². The summed E-state index contributed by atoms with van der Waals surface area (Å²) in [5.74, 6) is 0.762. The first-order chi connectivity index (χ1) is 16.8. The van der Waals surface area contributed by atoms with Crippen LogP contribution in [0.5, 0.6) is 0 Å². The second-order valence-corrected chi connectivity index (χ2v) is 13.4. The first kappa shape index (κ1) is 23.9. The fourth-order valence-electron chi connectivity index (χ4n) is 4.23. The number of nitrogens with zero attached hydrogens (tertiary/aromatic N) is 6. The second-order valence-electron chi connectivity index (χ2n) is 8.96. The Morgan fingerprint density at radius 2 is 1.74 bits per heavy atom. The molecule has 2 aromatic carbocycles. The van der Waals surface area contributed by atoms with E-state index in [0.717, 1.165) is 35.5 Å². The van der Waals surface area contributed by atoms with Crippen LogP contribution in [0.3, 0.4) is 0 Å². The molecule has 35 heavy (non-hydrogen) atoms. The van der Waals surface area contributed by atoms with E-state index in [1.54, 1.807) is 6.20 Å². The maximum absolute atomic E-state index is 13.7. The van der Waals surface area contributed by atoms with Gasteiger partial charge in [0.25, 0.3) is 5.89 Å². The lowest BCUT2D eigenvalue weighted by Crippen LogP contribution is -2.35. The number of benzene rings is 2. The van der Waals surface area contributed by atoms with Gasteiger partial charge in [-0.05, 0) is 69.9 Å². The van der Waals surface area contributed by atoms with E-state index in [1.165, 1.54) is 0 Å². The average molecular weight is 509 g/mol. The number of aromatic nitrogens is 4. The van der Waals surface area contributed by atoms with Crippen molar-refractivity contribution in [2.75, 3.05) is 27.2 Å². The first-order valence-corrected chi connectivity index (χ1v) is 14.7. The summed E-state index contributed by atoms with van der Waals surface area (Å²) in [6, 6.07) is 17.8. The smallest absolute Gasteiger partial charge is 0.268 e. The lowest BCUT2D eigenvalue weighted by molar-refractivity contribution is 0.304. The topological polar surface area (TPSA) is 88.3 Å². The molecule has 8 nitrogen and oxygen atoms in total. The van der Waals surface area contributed by atoms with E-state index in [-0.39, 0.29) is 0 Å². The van der Waals surface area contributed by atoms with Crippen LogP contribution in [0, 0.1) is 6.92 Å². The molecular weight excluding hydrogens is 479 g/mol. The first-order valence-electron chi connectivity index (χ1n) is 11.5. The van der Waals surface area contributed by atoms with E-state index in [0.29, 0.717) is 34.9 Å². The second kappa shape index (κ2) is 9.66. The van der Waals surface area contributed by atoms with Crippen LogP contribution in [-0.4, -0.2) is 66.8 Å². The number of rotatable bonds is 6. The van der Waals surface area contributed by atoms with Gasteiger partial charge in [-0.25, -0.2) is 9.29 Å². The van der Waals surface area contributed by atoms with E-state index < -0.39 is 9.74 Å². The van der Waals surface area contributed by atoms with E-state index >= 15 is 0 Å². The number of aryl methyl sites for hydroxylation is 1. The van der Waals surface area contributed by atoms with Gasteiger partial charge in [0.1, 0.15) is 5.69 Å². The van der Waals surface area contributed by atoms with Crippen molar-refractivity contribution in [3.05, 3.63) is 66.5 Å². The molecule has 2 aromatic heterocycles. The minimum atomic E-state index is -2.72. The third-order valence-corrected chi connectivity index (χ3v) is 10.5. The number of hydrogen-bond donors (Lipinski definition) is 1. The Balaban J connectivity index is 1.39. The fraction of sp³-hybridized carbons (Fsp3) is 0.280. The molecule has 1 aliphatic rings. The summed E-state index contributed by atoms with van der Waals surface area (Å²) in [5.41, 5.74) is 3.66. The van der Waals surface area contributed by atoms with E-state index in [1.807, 2.05) is 61.5 Å². The molecule has 2 atom stereocenters. The van der Waals surface area contributed by atoms with Gasteiger partial charge in [-0.3, -0.25) is 9.19 Å². The van der Waals surface area contributed by atoms with Crippen LogP contribution < -0.4 is 0 Å². The van der Waals surface area contributed by atoms with Crippen molar-refractivity contribution in [3.63, 3.8) is 0 Å². The normalized spacial score (nSPS) is 17.2. The van der Waals surface area contributed by atoms with E-state index in [4.69, 9.17) is 9.40 Å². The number of thiol groups is 1. The van der Waals surface area contributed by atoms with Crippen molar-refractivity contribution in [3.8, 4) is 34.3 Å². The molecular formula is C25H29N6O2PS. The lowest BCUT2D eigenvalue weighted by Gasteiger charge is -2.31. The summed E-state index contributed by atoms with van der Waals surface area (Å²) >= 11 is 0. The summed E-state index contributed by atoms with van der Waals surface area (Å²) in [5, 5.41) is 8.37. The maximum Gasteiger partial charge on any atom is 0.268 e. The third kappa shape index (κ3) is 4.82. The van der Waals surface area contributed by atoms with Crippen LogP contribution in [0.2, 0.25) is 0 Å². The van der Waals surface area contributed by atoms with Crippen molar-refractivity contribution < 1.29 is 8.63 Å². The summed E-state index contributed by atoms with van der Waals surface area (Å²) in [7, 11) is 4.04. The van der Waals surface area contributed by atoms with Gasteiger partial charge in [0, 0.05) is 35.2 Å². The number of hydrogen-bond acceptors (Lipinski definition) is 7. The van der Waals surface area contributed by atoms with Crippen molar-refractivity contribution in [1.82, 2.24) is 29.4 Å². The highest BCUT2D eigenvalue weighted by atomic mass is 32.8. The highest BCUT2D eigenvalue weighted by Gasteiger charge is 2.31. The van der Waals surface area contributed by atoms with Crippen LogP contribution in [0.15, 0.2) is 70.1 Å². The van der Waals surface area contributed by atoms with E-state index in [9.17, 15) is 4.21 Å². The third-order valence-electron chi connectivity index (χ3n) is 6.43. The Labute approximate surface area is 208 Å². The molecule has 0 saturated carbocycles. The van der Waals surface area contributed by atoms with Gasteiger partial charge in [-0.15, -0.1) is 10.2 Å². The standard InChI is InChI=1S/C25H29N6O2PS/c1-17-23(25-29-28-24(33-25)19-7-5-4-6-8-19)27-22(15-26-17)18-9-11-21(12-10-18)35(32,34)31-14-13-20(16-31)30(2)3/h4-12,15,20,35H,13-14,16,34H2,1-3H3/t20-/m1/s1. The molecule has 0 bridgehead atoms. The van der Waals surface area contributed by atoms with Crippen molar-refractivity contribution in [1.29, 1.82) is 0 Å². The molecule has 5 rings (SSSR count). The zero-order chi connectivity index (χ0) is 24.6. The van der Waals surface area contributed by atoms with E-state index in [2.05, 4.69) is 46.9 Å². The lowest BCUT2D eigenvalue weighted by atomic mass is 10.1. The van der Waals surface area contributed by atoms with Crippen molar-refractivity contribution in [2.45, 2.75) is 24.3 Å². The fourth-order valence-corrected chi connectivity index (χ4v) is 7.12. The molecule has 0 N–H and O–H groups in total. The Morgan fingerprint density at radius 3 is 2.43 bits per heavy atom. The Hall–Kier alpha value is -2.84. The Bertz CT molecular complexity index is 1380. The minimum absolute atomic E-state index is 0.325. The van der Waals surface area contributed by atoms with Crippen LogP contribution in [-0.2, 0) is 9.74 Å². The molecule has 3 heterocycles. The molecule has 1 saturated heterocycles. The molecule has 0 amide bonds. The van der Waals surface area contributed by atoms with Crippen LogP contribution in [0.25, 0.3) is 34.3 Å². The largest absolute Gasteiger partial charge is 0.415 e. The molecule has 4 aromatic rings. The molecule has 0 aliphatic carbocycles. The minimum Gasteiger partial charge on any atom is -0.415 e. The predicted molar refractivity (Wildman–Crippen MR) is 142 cm³/mol. The molecule has 1 fully saturated rings. The predicted octanol–water partition coefficient (Wildman–Crippen LogP) is 3.89. The monoisotopic (exact) mass is 508 g/mol. The maximum atomic E-state index is 13.7. The van der Waals surface area contributed by atoms with Crippen molar-refractivity contribution in [2.24, 2.45) is 0 Å². The van der Waals surface area contributed by atoms with Gasteiger partial charge >= 0.3 is 0 Å².